The van der Waals surface area contributed by atoms with Crippen LogP contribution in [0.2, 0.25) is 5.02 Å². The topological polar surface area (TPSA) is 24.3 Å². The monoisotopic (exact) mass is 306 g/mol. The Morgan fingerprint density at radius 1 is 0.818 bits per heavy atom. The van der Waals surface area contributed by atoms with Crippen LogP contribution in [0, 0.1) is 0 Å². The Kier molecular flexibility index (Phi) is 2.98. The molecule has 0 spiro atoms. The van der Waals surface area contributed by atoms with Crippen LogP contribution in [0.4, 0.5) is 0 Å². The highest BCUT2D eigenvalue weighted by Crippen LogP contribution is 2.38. The molecule has 2 nitrogen and oxygen atoms in total. The zero-order chi connectivity index (χ0) is 15.1. The minimum atomic E-state index is 0.259. The summed E-state index contributed by atoms with van der Waals surface area (Å²) in [6.07, 6.45) is 1.97. The third-order valence-electron chi connectivity index (χ3n) is 3.90. The number of rotatable bonds is 1. The summed E-state index contributed by atoms with van der Waals surface area (Å²) >= 11 is 6.37. The number of hydrogen-bond acceptors (Lipinski definition) is 1. The molecule has 2 aromatic heterocycles. The van der Waals surface area contributed by atoms with Gasteiger partial charge in [-0.2, -0.15) is 4.40 Å². The maximum absolute atomic E-state index is 10.9. The largest absolute Gasteiger partial charge is 0.506 e. The fraction of sp³-hybridized carbons (Fsp3) is 0. The summed E-state index contributed by atoms with van der Waals surface area (Å²) in [6.45, 7) is 0. The number of halogens is 1. The van der Waals surface area contributed by atoms with Gasteiger partial charge in [-0.25, -0.2) is 0 Å². The Hall–Kier alpha value is -2.58. The molecule has 2 heterocycles. The summed E-state index contributed by atoms with van der Waals surface area (Å²) < 4.78 is 2.03. The third-order valence-corrected chi connectivity index (χ3v) is 4.20. The second-order valence-corrected chi connectivity index (χ2v) is 5.59. The van der Waals surface area contributed by atoms with Crippen LogP contribution in [-0.2, 0) is 0 Å². The zero-order valence-corrected chi connectivity index (χ0v) is 12.5. The fourth-order valence-electron chi connectivity index (χ4n) is 2.94. The molecule has 2 aromatic carbocycles. The molecular formula is C19H13ClNO+. The van der Waals surface area contributed by atoms with E-state index in [1.165, 1.54) is 0 Å². The van der Waals surface area contributed by atoms with Gasteiger partial charge < -0.3 is 5.11 Å². The molecule has 106 valence electrons. The Balaban J connectivity index is 2.28. The number of pyridine rings is 2. The van der Waals surface area contributed by atoms with Crippen LogP contribution in [-0.4, -0.2) is 5.11 Å². The molecule has 3 heteroatoms. The SMILES string of the molecule is Oc1c(-c2ccccc2)c2cccc[n+]2c2c(Cl)cccc12. The van der Waals surface area contributed by atoms with Crippen molar-refractivity contribution in [2.24, 2.45) is 0 Å². The number of para-hydroxylation sites is 1. The van der Waals surface area contributed by atoms with E-state index in [1.807, 2.05) is 77.3 Å². The molecule has 0 aliphatic heterocycles. The van der Waals surface area contributed by atoms with Gasteiger partial charge in [-0.1, -0.05) is 48.0 Å². The number of benzene rings is 2. The van der Waals surface area contributed by atoms with E-state index in [0.29, 0.717) is 5.02 Å². The van der Waals surface area contributed by atoms with Crippen LogP contribution in [0.25, 0.3) is 27.5 Å². The number of hydrogen-bond donors (Lipinski definition) is 1. The summed E-state index contributed by atoms with van der Waals surface area (Å²) in [5.41, 5.74) is 3.53. The predicted octanol–water partition coefficient (Wildman–Crippen LogP) is 4.60. The average molecular weight is 307 g/mol. The third kappa shape index (κ3) is 1.85. The minimum Gasteiger partial charge on any atom is -0.506 e. The lowest BCUT2D eigenvalue weighted by Gasteiger charge is -2.09. The summed E-state index contributed by atoms with van der Waals surface area (Å²) in [6, 6.07) is 21.4. The van der Waals surface area contributed by atoms with Crippen LogP contribution < -0.4 is 4.40 Å². The van der Waals surface area contributed by atoms with E-state index < -0.39 is 0 Å². The van der Waals surface area contributed by atoms with Crippen molar-refractivity contribution in [1.29, 1.82) is 0 Å². The lowest BCUT2D eigenvalue weighted by atomic mass is 10.0. The average Bonchev–Trinajstić information content (AvgIpc) is 2.56. The van der Waals surface area contributed by atoms with Gasteiger partial charge in [0.15, 0.2) is 6.20 Å². The predicted molar refractivity (Wildman–Crippen MR) is 89.2 cm³/mol. The van der Waals surface area contributed by atoms with Crippen molar-refractivity contribution in [3.05, 3.63) is 77.9 Å². The van der Waals surface area contributed by atoms with Crippen LogP contribution in [0.3, 0.4) is 0 Å². The molecule has 0 fully saturated rings. The Morgan fingerprint density at radius 3 is 2.41 bits per heavy atom. The van der Waals surface area contributed by atoms with Crippen molar-refractivity contribution < 1.29 is 9.51 Å². The van der Waals surface area contributed by atoms with Crippen molar-refractivity contribution in [3.63, 3.8) is 0 Å². The molecule has 0 radical (unpaired) electrons. The lowest BCUT2D eigenvalue weighted by Crippen LogP contribution is -2.23. The first kappa shape index (κ1) is 13.1. The van der Waals surface area contributed by atoms with Gasteiger partial charge in [-0.05, 0) is 23.8 Å². The molecule has 22 heavy (non-hydrogen) atoms. The maximum Gasteiger partial charge on any atom is 0.240 e. The smallest absolute Gasteiger partial charge is 0.240 e. The number of nitrogens with zero attached hydrogens (tertiary/aromatic N) is 1. The van der Waals surface area contributed by atoms with E-state index >= 15 is 0 Å². The van der Waals surface area contributed by atoms with Crippen LogP contribution in [0.5, 0.6) is 5.75 Å². The van der Waals surface area contributed by atoms with Gasteiger partial charge in [0.25, 0.3) is 0 Å². The molecule has 0 unspecified atom stereocenters. The van der Waals surface area contributed by atoms with Crippen LogP contribution >= 0.6 is 11.6 Å². The summed E-state index contributed by atoms with van der Waals surface area (Å²) in [5, 5.41) is 12.2. The first-order valence-corrected chi connectivity index (χ1v) is 7.44. The summed E-state index contributed by atoms with van der Waals surface area (Å²) in [5.74, 6) is 0.259. The van der Waals surface area contributed by atoms with E-state index in [1.54, 1.807) is 0 Å². The number of fused-ring (bicyclic) bond motifs is 3. The van der Waals surface area contributed by atoms with Crippen molar-refractivity contribution >= 4 is 28.0 Å². The molecule has 4 aromatic rings. The highest BCUT2D eigenvalue weighted by molar-refractivity contribution is 6.35. The molecule has 0 atom stereocenters. The summed E-state index contributed by atoms with van der Waals surface area (Å²) in [4.78, 5) is 0. The van der Waals surface area contributed by atoms with Gasteiger partial charge in [0.05, 0.1) is 10.9 Å². The molecule has 0 bridgehead atoms. The molecule has 0 aliphatic rings. The first-order valence-electron chi connectivity index (χ1n) is 7.06. The molecule has 0 aliphatic carbocycles. The highest BCUT2D eigenvalue weighted by atomic mass is 35.5. The molecule has 0 saturated carbocycles. The van der Waals surface area contributed by atoms with Gasteiger partial charge in [0.1, 0.15) is 10.8 Å². The van der Waals surface area contributed by atoms with E-state index in [0.717, 1.165) is 27.5 Å². The van der Waals surface area contributed by atoms with Gasteiger partial charge in [-0.15, -0.1) is 0 Å². The standard InChI is InChI=1S/C19H12ClNO/c20-15-10-6-9-14-18(15)21-12-5-4-11-16(21)17(19(14)22)13-7-2-1-3-8-13/h1-12H/p+1. The molecular weight excluding hydrogens is 294 g/mol. The van der Waals surface area contributed by atoms with Gasteiger partial charge >= 0.3 is 0 Å². The maximum atomic E-state index is 10.9. The van der Waals surface area contributed by atoms with Crippen molar-refractivity contribution in [2.45, 2.75) is 0 Å². The van der Waals surface area contributed by atoms with E-state index in [-0.39, 0.29) is 5.75 Å². The second-order valence-electron chi connectivity index (χ2n) is 5.18. The quantitative estimate of drug-likeness (QED) is 0.403. The summed E-state index contributed by atoms with van der Waals surface area (Å²) in [7, 11) is 0. The molecule has 0 saturated heterocycles. The van der Waals surface area contributed by atoms with Crippen molar-refractivity contribution in [3.8, 4) is 16.9 Å². The molecule has 0 amide bonds. The Morgan fingerprint density at radius 2 is 1.59 bits per heavy atom. The minimum absolute atomic E-state index is 0.259. The van der Waals surface area contributed by atoms with Gasteiger partial charge in [-0.3, -0.25) is 0 Å². The molecule has 4 rings (SSSR count). The Bertz CT molecular complexity index is 996. The first-order chi connectivity index (χ1) is 10.8. The van der Waals surface area contributed by atoms with Crippen LogP contribution in [0.15, 0.2) is 72.9 Å². The normalized spacial score (nSPS) is 11.1. The lowest BCUT2D eigenvalue weighted by molar-refractivity contribution is -0.481. The van der Waals surface area contributed by atoms with Crippen LogP contribution in [0.1, 0.15) is 0 Å². The van der Waals surface area contributed by atoms with E-state index in [9.17, 15) is 5.11 Å². The fourth-order valence-corrected chi connectivity index (χ4v) is 3.20. The van der Waals surface area contributed by atoms with Crippen molar-refractivity contribution in [2.75, 3.05) is 0 Å². The number of aromatic nitrogens is 1. The van der Waals surface area contributed by atoms with Gasteiger partial charge in [0, 0.05) is 12.1 Å². The zero-order valence-electron chi connectivity index (χ0n) is 11.7. The van der Waals surface area contributed by atoms with Crippen molar-refractivity contribution in [1.82, 2.24) is 0 Å². The second kappa shape index (κ2) is 5.00. The Labute approximate surface area is 132 Å². The van der Waals surface area contributed by atoms with E-state index in [2.05, 4.69) is 0 Å². The molecule has 1 N–H and O–H groups in total. The van der Waals surface area contributed by atoms with Gasteiger partial charge in [0.2, 0.25) is 11.0 Å². The highest BCUT2D eigenvalue weighted by Gasteiger charge is 2.23. The number of aromatic hydroxyl groups is 1. The van der Waals surface area contributed by atoms with E-state index in [4.69, 9.17) is 11.6 Å².